The number of rotatable bonds is 5. The molecule has 0 spiro atoms. The normalized spacial score (nSPS) is 17.7. The number of hydrogen-bond donors (Lipinski definition) is 4. The first-order valence-electron chi connectivity index (χ1n) is 10.2. The maximum Gasteiger partial charge on any atom is 0.322 e. The highest BCUT2D eigenvalue weighted by molar-refractivity contribution is 6.07. The van der Waals surface area contributed by atoms with Gasteiger partial charge in [-0.25, -0.2) is 4.79 Å². The number of imide groups is 1. The maximum absolute atomic E-state index is 13.0. The van der Waals surface area contributed by atoms with Gasteiger partial charge >= 0.3 is 6.03 Å². The monoisotopic (exact) mass is 444 g/mol. The molecule has 1 aliphatic heterocycles. The quantitative estimate of drug-likeness (QED) is 0.352. The summed E-state index contributed by atoms with van der Waals surface area (Å²) in [5.74, 6) is 0.000808. The maximum atomic E-state index is 13.0. The Morgan fingerprint density at radius 1 is 1.06 bits per heavy atom. The Morgan fingerprint density at radius 2 is 1.85 bits per heavy atom. The molecule has 0 bridgehead atoms. The van der Waals surface area contributed by atoms with Gasteiger partial charge in [-0.2, -0.15) is 0 Å². The number of aromatic nitrogens is 2. The van der Waals surface area contributed by atoms with Crippen molar-refractivity contribution in [1.82, 2.24) is 20.2 Å². The van der Waals surface area contributed by atoms with Crippen LogP contribution in [0.1, 0.15) is 5.56 Å². The van der Waals surface area contributed by atoms with Crippen molar-refractivity contribution in [3.8, 4) is 22.8 Å². The molecule has 0 saturated carbocycles. The summed E-state index contributed by atoms with van der Waals surface area (Å²) in [4.78, 5) is 39.9. The molecule has 1 aliphatic rings. The minimum atomic E-state index is -1.45. The van der Waals surface area contributed by atoms with Crippen LogP contribution in [0.15, 0.2) is 71.8 Å². The topological polar surface area (TPSA) is 125 Å². The third-order valence-electron chi connectivity index (χ3n) is 5.92. The number of aromatic hydroxyl groups is 1. The zero-order chi connectivity index (χ0) is 23.2. The average Bonchev–Trinajstić information content (AvgIpc) is 3.29. The molecule has 3 amide bonds. The molecule has 1 fully saturated rings. The highest BCUT2D eigenvalue weighted by Gasteiger charge is 2.48. The van der Waals surface area contributed by atoms with Crippen LogP contribution in [0.5, 0.6) is 11.6 Å². The number of nitrogens with one attached hydrogen (secondary N) is 3. The number of carbonyl (C=O) groups excluding carboxylic acids is 2. The summed E-state index contributed by atoms with van der Waals surface area (Å²) in [6, 6.07) is 14.9. The summed E-state index contributed by atoms with van der Waals surface area (Å²) in [6.45, 7) is -0.0430. The molecule has 1 saturated heterocycles. The van der Waals surface area contributed by atoms with E-state index in [1.807, 2.05) is 0 Å². The number of fused-ring (bicyclic) bond motifs is 1. The van der Waals surface area contributed by atoms with Gasteiger partial charge in [-0.1, -0.05) is 24.3 Å². The second-order valence-electron chi connectivity index (χ2n) is 7.84. The number of amides is 3. The molecule has 166 valence electrons. The number of pyridine rings is 1. The fraction of sp³-hybridized carbons (Fsp3) is 0.125. The van der Waals surface area contributed by atoms with Crippen LogP contribution in [-0.4, -0.2) is 33.7 Å². The van der Waals surface area contributed by atoms with E-state index in [2.05, 4.69) is 15.6 Å². The average molecular weight is 444 g/mol. The number of carbonyl (C=O) groups is 2. The summed E-state index contributed by atoms with van der Waals surface area (Å²) in [5.41, 5.74) is -0.0127. The fourth-order valence-corrected chi connectivity index (χ4v) is 4.21. The number of methoxy groups -OCH3 is 1. The third-order valence-corrected chi connectivity index (χ3v) is 5.92. The minimum absolute atomic E-state index is 0.0430. The van der Waals surface area contributed by atoms with E-state index in [0.29, 0.717) is 27.8 Å². The van der Waals surface area contributed by atoms with Gasteiger partial charge < -0.3 is 24.7 Å². The van der Waals surface area contributed by atoms with Crippen LogP contribution in [0, 0.1) is 0 Å². The molecule has 3 heterocycles. The molecule has 9 heteroatoms. The van der Waals surface area contributed by atoms with Gasteiger partial charge in [-0.3, -0.25) is 14.9 Å². The SMILES string of the molecule is COc1ccc2cn(C[C@@]3(c4ccc(-c5ccc[nH]c5=O)cc4)NC(=O)NC3=O)c(O)c2c1. The van der Waals surface area contributed by atoms with Crippen LogP contribution < -0.4 is 20.9 Å². The molecule has 1 atom stereocenters. The van der Waals surface area contributed by atoms with Gasteiger partial charge in [0.1, 0.15) is 5.75 Å². The van der Waals surface area contributed by atoms with E-state index >= 15 is 0 Å². The Bertz CT molecular complexity index is 1450. The van der Waals surface area contributed by atoms with Gasteiger partial charge in [0.05, 0.1) is 13.7 Å². The van der Waals surface area contributed by atoms with Gasteiger partial charge in [0.15, 0.2) is 11.4 Å². The van der Waals surface area contributed by atoms with Crippen LogP contribution in [0.3, 0.4) is 0 Å². The predicted octanol–water partition coefficient (Wildman–Crippen LogP) is 2.45. The minimum Gasteiger partial charge on any atom is -0.497 e. The summed E-state index contributed by atoms with van der Waals surface area (Å²) in [5, 5.41) is 17.2. The van der Waals surface area contributed by atoms with Crippen molar-refractivity contribution in [1.29, 1.82) is 0 Å². The number of nitrogens with zero attached hydrogens (tertiary/aromatic N) is 1. The summed E-state index contributed by atoms with van der Waals surface area (Å²) in [6.07, 6.45) is 3.26. The Morgan fingerprint density at radius 3 is 2.52 bits per heavy atom. The van der Waals surface area contributed by atoms with Crippen molar-refractivity contribution in [2.75, 3.05) is 7.11 Å². The van der Waals surface area contributed by atoms with E-state index in [-0.39, 0.29) is 18.0 Å². The first kappa shape index (κ1) is 20.4. The Labute approximate surface area is 187 Å². The van der Waals surface area contributed by atoms with Crippen LogP contribution in [0.25, 0.3) is 21.9 Å². The van der Waals surface area contributed by atoms with Gasteiger partial charge in [-0.05, 0) is 41.5 Å². The van der Waals surface area contributed by atoms with E-state index in [1.165, 1.54) is 11.7 Å². The zero-order valence-corrected chi connectivity index (χ0v) is 17.6. The summed E-state index contributed by atoms with van der Waals surface area (Å²) in [7, 11) is 1.54. The number of aromatic amines is 1. The number of benzene rings is 2. The van der Waals surface area contributed by atoms with Gasteiger partial charge in [0, 0.05) is 28.7 Å². The Balaban J connectivity index is 1.58. The second-order valence-corrected chi connectivity index (χ2v) is 7.84. The van der Waals surface area contributed by atoms with E-state index in [1.54, 1.807) is 67.0 Å². The van der Waals surface area contributed by atoms with Crippen molar-refractivity contribution in [3.05, 3.63) is 82.9 Å². The fourth-order valence-electron chi connectivity index (χ4n) is 4.21. The molecule has 2 aromatic carbocycles. The van der Waals surface area contributed by atoms with Crippen LogP contribution in [0.2, 0.25) is 0 Å². The second kappa shape index (κ2) is 7.56. The molecular formula is C24H20N4O5. The van der Waals surface area contributed by atoms with Crippen LogP contribution >= 0.6 is 0 Å². The summed E-state index contributed by atoms with van der Waals surface area (Å²) >= 11 is 0. The molecular weight excluding hydrogens is 424 g/mol. The van der Waals surface area contributed by atoms with Crippen LogP contribution in [0.4, 0.5) is 4.79 Å². The van der Waals surface area contributed by atoms with Crippen molar-refractivity contribution < 1.29 is 19.4 Å². The molecule has 2 aromatic heterocycles. The van der Waals surface area contributed by atoms with E-state index in [0.717, 1.165) is 5.39 Å². The molecule has 33 heavy (non-hydrogen) atoms. The smallest absolute Gasteiger partial charge is 0.322 e. The molecule has 5 rings (SSSR count). The van der Waals surface area contributed by atoms with Gasteiger partial charge in [-0.15, -0.1) is 0 Å². The standard InChI is InChI=1S/C24H20N4O5/c1-33-17-9-6-15-12-28(21(30)19(15)11-17)13-24(22(31)26-23(32)27-24)16-7-4-14(5-8-16)18-3-2-10-25-20(18)29/h2-12,30H,13H2,1H3,(H,25,29)(H2,26,27,31,32)/t24-/m0/s1. The first-order valence-corrected chi connectivity index (χ1v) is 10.2. The van der Waals surface area contributed by atoms with E-state index in [4.69, 9.17) is 4.74 Å². The molecule has 4 N–H and O–H groups in total. The van der Waals surface area contributed by atoms with Crippen molar-refractivity contribution >= 4 is 22.7 Å². The molecule has 0 radical (unpaired) electrons. The Hall–Kier alpha value is -4.53. The number of H-pyrrole nitrogens is 1. The van der Waals surface area contributed by atoms with E-state index in [9.17, 15) is 19.5 Å². The van der Waals surface area contributed by atoms with Crippen LogP contribution in [-0.2, 0) is 16.9 Å². The lowest BCUT2D eigenvalue weighted by Gasteiger charge is -2.27. The molecule has 9 nitrogen and oxygen atoms in total. The summed E-state index contributed by atoms with van der Waals surface area (Å²) < 4.78 is 6.75. The lowest BCUT2D eigenvalue weighted by molar-refractivity contribution is -0.124. The van der Waals surface area contributed by atoms with Crippen molar-refractivity contribution in [3.63, 3.8) is 0 Å². The predicted molar refractivity (Wildman–Crippen MR) is 121 cm³/mol. The van der Waals surface area contributed by atoms with E-state index < -0.39 is 17.5 Å². The number of hydrogen-bond acceptors (Lipinski definition) is 5. The lowest BCUT2D eigenvalue weighted by atomic mass is 9.88. The zero-order valence-electron chi connectivity index (χ0n) is 17.6. The first-order chi connectivity index (χ1) is 15.9. The Kier molecular flexibility index (Phi) is 4.67. The highest BCUT2D eigenvalue weighted by Crippen LogP contribution is 2.35. The van der Waals surface area contributed by atoms with Gasteiger partial charge in [0.25, 0.3) is 11.5 Å². The third kappa shape index (κ3) is 3.30. The molecule has 0 aliphatic carbocycles. The number of ether oxygens (including phenoxy) is 1. The van der Waals surface area contributed by atoms with Gasteiger partial charge in [0.2, 0.25) is 0 Å². The van der Waals surface area contributed by atoms with Crippen molar-refractivity contribution in [2.24, 2.45) is 0 Å². The van der Waals surface area contributed by atoms with Crippen molar-refractivity contribution in [2.45, 2.75) is 12.1 Å². The largest absolute Gasteiger partial charge is 0.497 e. The highest BCUT2D eigenvalue weighted by atomic mass is 16.5. The molecule has 4 aromatic rings. The lowest BCUT2D eigenvalue weighted by Crippen LogP contribution is -2.47. The molecule has 0 unspecified atom stereocenters. The number of urea groups is 1.